The molecule has 2 atom stereocenters. The normalized spacial score (nSPS) is 21.4. The Balaban J connectivity index is 2.03. The number of hydrogen-bond donors (Lipinski definition) is 2. The van der Waals surface area contributed by atoms with E-state index in [9.17, 15) is 9.18 Å². The predicted octanol–water partition coefficient (Wildman–Crippen LogP) is 1.46. The Kier molecular flexibility index (Phi) is 4.57. The molecule has 1 aromatic carbocycles. The Hall–Kier alpha value is -1.66. The molecule has 0 aliphatic carbocycles. The van der Waals surface area contributed by atoms with Crippen LogP contribution in [0.25, 0.3) is 0 Å². The number of nitrogens with zero attached hydrogens (tertiary/aromatic N) is 1. The first-order valence-corrected chi connectivity index (χ1v) is 6.68. The Morgan fingerprint density at radius 1 is 1.60 bits per heavy atom. The van der Waals surface area contributed by atoms with Crippen LogP contribution < -0.4 is 11.1 Å². The molecule has 0 saturated carbocycles. The molecule has 0 radical (unpaired) electrons. The van der Waals surface area contributed by atoms with Crippen molar-refractivity contribution in [2.24, 2.45) is 0 Å². The number of carbonyl (C=O) groups is 1. The van der Waals surface area contributed by atoms with Gasteiger partial charge in [-0.1, -0.05) is 0 Å². The third-order valence-electron chi connectivity index (χ3n) is 3.57. The summed E-state index contributed by atoms with van der Waals surface area (Å²) < 4.78 is 18.3. The van der Waals surface area contributed by atoms with E-state index >= 15 is 0 Å². The van der Waals surface area contributed by atoms with Crippen molar-refractivity contribution in [2.45, 2.75) is 25.9 Å². The van der Waals surface area contributed by atoms with E-state index in [-0.39, 0.29) is 23.7 Å². The van der Waals surface area contributed by atoms with E-state index in [0.29, 0.717) is 25.4 Å². The molecule has 1 saturated heterocycles. The van der Waals surface area contributed by atoms with Gasteiger partial charge in [0.25, 0.3) is 0 Å². The fraction of sp³-hybridized carbons (Fsp3) is 0.500. The average Bonchev–Trinajstić information content (AvgIpc) is 2.41. The van der Waals surface area contributed by atoms with Crippen molar-refractivity contribution in [3.63, 3.8) is 0 Å². The molecule has 0 bridgehead atoms. The highest BCUT2D eigenvalue weighted by Crippen LogP contribution is 2.20. The number of nitrogens with one attached hydrogen (secondary N) is 1. The maximum Gasteiger partial charge on any atom is 0.241 e. The number of amides is 1. The zero-order valence-electron chi connectivity index (χ0n) is 11.7. The number of nitrogens with two attached hydrogens (primary N) is 1. The maximum absolute atomic E-state index is 13.0. The van der Waals surface area contributed by atoms with Gasteiger partial charge >= 0.3 is 0 Å². The van der Waals surface area contributed by atoms with Crippen LogP contribution in [-0.2, 0) is 9.53 Å². The zero-order valence-corrected chi connectivity index (χ0v) is 11.7. The van der Waals surface area contributed by atoms with Crippen LogP contribution in [0.2, 0.25) is 0 Å². The SMILES string of the molecule is CC1COCCN1C(C)C(=O)Nc1ccc(F)cc1N. The lowest BCUT2D eigenvalue weighted by atomic mass is 10.1. The summed E-state index contributed by atoms with van der Waals surface area (Å²) in [6.07, 6.45) is 0. The Labute approximate surface area is 117 Å². The summed E-state index contributed by atoms with van der Waals surface area (Å²) in [4.78, 5) is 14.3. The van der Waals surface area contributed by atoms with Gasteiger partial charge in [0, 0.05) is 12.6 Å². The van der Waals surface area contributed by atoms with Crippen molar-refractivity contribution in [1.29, 1.82) is 0 Å². The van der Waals surface area contributed by atoms with Gasteiger partial charge in [-0.15, -0.1) is 0 Å². The summed E-state index contributed by atoms with van der Waals surface area (Å²) in [6, 6.07) is 3.83. The Morgan fingerprint density at radius 3 is 3.00 bits per heavy atom. The molecular weight excluding hydrogens is 261 g/mol. The molecule has 110 valence electrons. The number of morpholine rings is 1. The summed E-state index contributed by atoms with van der Waals surface area (Å²) in [6.45, 7) is 5.83. The number of carbonyl (C=O) groups excluding carboxylic acids is 1. The van der Waals surface area contributed by atoms with E-state index < -0.39 is 5.82 Å². The van der Waals surface area contributed by atoms with Crippen LogP contribution in [-0.4, -0.2) is 42.6 Å². The maximum atomic E-state index is 13.0. The first-order valence-electron chi connectivity index (χ1n) is 6.68. The number of nitrogen functional groups attached to an aromatic ring is 1. The first-order chi connectivity index (χ1) is 9.49. The third kappa shape index (κ3) is 3.26. The second-order valence-corrected chi connectivity index (χ2v) is 5.06. The minimum Gasteiger partial charge on any atom is -0.397 e. The van der Waals surface area contributed by atoms with E-state index in [1.807, 2.05) is 13.8 Å². The topological polar surface area (TPSA) is 67.6 Å². The zero-order chi connectivity index (χ0) is 14.7. The third-order valence-corrected chi connectivity index (χ3v) is 3.57. The van der Waals surface area contributed by atoms with E-state index in [4.69, 9.17) is 10.5 Å². The van der Waals surface area contributed by atoms with Crippen LogP contribution in [0, 0.1) is 5.82 Å². The molecule has 2 rings (SSSR count). The van der Waals surface area contributed by atoms with Gasteiger partial charge < -0.3 is 15.8 Å². The molecular formula is C14H20FN3O2. The van der Waals surface area contributed by atoms with Crippen molar-refractivity contribution in [1.82, 2.24) is 4.90 Å². The number of rotatable bonds is 3. The van der Waals surface area contributed by atoms with Crippen molar-refractivity contribution >= 4 is 17.3 Å². The van der Waals surface area contributed by atoms with Crippen molar-refractivity contribution < 1.29 is 13.9 Å². The summed E-state index contributed by atoms with van der Waals surface area (Å²) in [5.41, 5.74) is 6.34. The highest BCUT2D eigenvalue weighted by molar-refractivity contribution is 5.97. The van der Waals surface area contributed by atoms with E-state index in [2.05, 4.69) is 10.2 Å². The molecule has 1 aliphatic rings. The molecule has 1 aliphatic heterocycles. The lowest BCUT2D eigenvalue weighted by molar-refractivity contribution is -0.124. The second-order valence-electron chi connectivity index (χ2n) is 5.06. The number of hydrogen-bond acceptors (Lipinski definition) is 4. The molecule has 20 heavy (non-hydrogen) atoms. The molecule has 5 nitrogen and oxygen atoms in total. The highest BCUT2D eigenvalue weighted by atomic mass is 19.1. The minimum atomic E-state index is -0.421. The van der Waals surface area contributed by atoms with Gasteiger partial charge in [0.2, 0.25) is 5.91 Å². The Bertz CT molecular complexity index is 495. The number of anilines is 2. The fourth-order valence-electron chi connectivity index (χ4n) is 2.35. The lowest BCUT2D eigenvalue weighted by Crippen LogP contribution is -2.52. The van der Waals surface area contributed by atoms with Crippen molar-refractivity contribution in [2.75, 3.05) is 30.8 Å². The van der Waals surface area contributed by atoms with Gasteiger partial charge in [0.15, 0.2) is 0 Å². The number of ether oxygens (including phenoxy) is 1. The van der Waals surface area contributed by atoms with Crippen LogP contribution >= 0.6 is 0 Å². The Morgan fingerprint density at radius 2 is 2.35 bits per heavy atom. The molecule has 1 heterocycles. The molecule has 1 amide bonds. The summed E-state index contributed by atoms with van der Waals surface area (Å²) in [5.74, 6) is -0.576. The molecule has 0 aromatic heterocycles. The lowest BCUT2D eigenvalue weighted by Gasteiger charge is -2.37. The fourth-order valence-corrected chi connectivity index (χ4v) is 2.35. The van der Waals surface area contributed by atoms with Gasteiger partial charge in [-0.25, -0.2) is 4.39 Å². The standard InChI is InChI=1S/C14H20FN3O2/c1-9-8-20-6-5-18(9)10(2)14(19)17-13-4-3-11(15)7-12(13)16/h3-4,7,9-10H,5-6,8,16H2,1-2H3,(H,17,19). The highest BCUT2D eigenvalue weighted by Gasteiger charge is 2.28. The quantitative estimate of drug-likeness (QED) is 0.823. The van der Waals surface area contributed by atoms with Gasteiger partial charge in [0.05, 0.1) is 30.6 Å². The van der Waals surface area contributed by atoms with Gasteiger partial charge in [0.1, 0.15) is 5.82 Å². The second kappa shape index (κ2) is 6.19. The van der Waals surface area contributed by atoms with E-state index in [1.165, 1.54) is 18.2 Å². The molecule has 2 unspecified atom stereocenters. The van der Waals surface area contributed by atoms with Crippen molar-refractivity contribution in [3.8, 4) is 0 Å². The van der Waals surface area contributed by atoms with Gasteiger partial charge in [-0.05, 0) is 32.0 Å². The van der Waals surface area contributed by atoms with Crippen LogP contribution in [0.3, 0.4) is 0 Å². The van der Waals surface area contributed by atoms with Crippen LogP contribution in [0.5, 0.6) is 0 Å². The smallest absolute Gasteiger partial charge is 0.241 e. The molecule has 6 heteroatoms. The van der Waals surface area contributed by atoms with Crippen LogP contribution in [0.15, 0.2) is 18.2 Å². The minimum absolute atomic E-state index is 0.156. The largest absolute Gasteiger partial charge is 0.397 e. The number of benzene rings is 1. The average molecular weight is 281 g/mol. The first kappa shape index (κ1) is 14.7. The predicted molar refractivity (Wildman–Crippen MR) is 75.9 cm³/mol. The summed E-state index contributed by atoms with van der Waals surface area (Å²) in [5, 5.41) is 2.74. The number of halogens is 1. The molecule has 1 fully saturated rings. The summed E-state index contributed by atoms with van der Waals surface area (Å²) >= 11 is 0. The van der Waals surface area contributed by atoms with Gasteiger partial charge in [-0.2, -0.15) is 0 Å². The summed E-state index contributed by atoms with van der Waals surface area (Å²) in [7, 11) is 0. The molecule has 0 spiro atoms. The van der Waals surface area contributed by atoms with E-state index in [0.717, 1.165) is 0 Å². The monoisotopic (exact) mass is 281 g/mol. The molecule has 1 aromatic rings. The van der Waals surface area contributed by atoms with E-state index in [1.54, 1.807) is 0 Å². The van der Waals surface area contributed by atoms with Crippen LogP contribution in [0.4, 0.5) is 15.8 Å². The van der Waals surface area contributed by atoms with Crippen molar-refractivity contribution in [3.05, 3.63) is 24.0 Å². The molecule has 3 N–H and O–H groups in total. The van der Waals surface area contributed by atoms with Crippen LogP contribution in [0.1, 0.15) is 13.8 Å². The van der Waals surface area contributed by atoms with Gasteiger partial charge in [-0.3, -0.25) is 9.69 Å².